The van der Waals surface area contributed by atoms with Crippen molar-refractivity contribution < 1.29 is 101 Å². The molecule has 0 aliphatic rings. The van der Waals surface area contributed by atoms with Crippen molar-refractivity contribution in [2.45, 2.75) is 0 Å². The van der Waals surface area contributed by atoms with Gasteiger partial charge in [0.05, 0.1) is 40.2 Å². The van der Waals surface area contributed by atoms with Crippen LogP contribution in [0.2, 0.25) is 0 Å². The van der Waals surface area contributed by atoms with E-state index in [0.717, 1.165) is 0 Å². The third-order valence-corrected chi connectivity index (χ3v) is 4.61. The van der Waals surface area contributed by atoms with Crippen LogP contribution in [0, 0.1) is 0 Å². The van der Waals surface area contributed by atoms with Crippen LogP contribution in [0.4, 0.5) is 0 Å². The van der Waals surface area contributed by atoms with Gasteiger partial charge in [0.1, 0.15) is 19.3 Å². The molecule has 0 bridgehead atoms. The summed E-state index contributed by atoms with van der Waals surface area (Å²) in [5.74, 6) is 1.48. The Kier molecular flexibility index (Phi) is 11.1. The van der Waals surface area contributed by atoms with Crippen LogP contribution in [0.5, 0.6) is 28.7 Å². The summed E-state index contributed by atoms with van der Waals surface area (Å²) in [6.45, 7) is 0. The van der Waals surface area contributed by atoms with Gasteiger partial charge in [-0.15, -0.1) is 0 Å². The zero-order valence-corrected chi connectivity index (χ0v) is 23.4. The van der Waals surface area contributed by atoms with Gasteiger partial charge in [-0.3, -0.25) is 0 Å². The first-order valence-corrected chi connectivity index (χ1v) is 9.92. The standard InChI is InChI=1S/C19H20NO9P.2Na/c1-24-12-5-6-13(15(9-12)29-30(21,22)23)14-10-20-28-18(14)11-7-16(25-2)19(27-4)17(8-11)26-3;;/h5-10H,1-4H3,(H2,21,22,23);;/q;2*+1/p-2. The Hall–Kier alpha value is -1.20. The Labute approximate surface area is 229 Å². The number of nitrogens with zero attached hydrogens (tertiary/aromatic N) is 1. The predicted octanol–water partition coefficient (Wildman–Crippen LogP) is -3.74. The second-order valence-corrected chi connectivity index (χ2v) is 6.96. The van der Waals surface area contributed by atoms with Crippen molar-refractivity contribution in [2.24, 2.45) is 0 Å². The number of methoxy groups -OCH3 is 4. The molecule has 10 nitrogen and oxygen atoms in total. The maximum absolute atomic E-state index is 11.2. The molecule has 32 heavy (non-hydrogen) atoms. The second-order valence-electron chi connectivity index (χ2n) is 5.88. The summed E-state index contributed by atoms with van der Waals surface area (Å²) < 4.78 is 42.4. The van der Waals surface area contributed by atoms with E-state index < -0.39 is 7.82 Å². The molecule has 0 N–H and O–H groups in total. The first kappa shape index (κ1) is 28.8. The number of hydrogen-bond acceptors (Lipinski definition) is 10. The van der Waals surface area contributed by atoms with E-state index in [4.69, 9.17) is 23.5 Å². The number of rotatable bonds is 8. The largest absolute Gasteiger partial charge is 1.00 e. The van der Waals surface area contributed by atoms with E-state index in [2.05, 4.69) is 9.68 Å². The SMILES string of the molecule is COc1ccc(-c2cnoc2-c2cc(OC)c(OC)c(OC)c2)c(OP(=O)([O-])[O-])c1.[Na+].[Na+]. The Bertz CT molecular complexity index is 1080. The fourth-order valence-corrected chi connectivity index (χ4v) is 3.29. The molecule has 0 spiro atoms. The number of phosphoric acid groups is 1. The van der Waals surface area contributed by atoms with Crippen LogP contribution in [0.25, 0.3) is 22.5 Å². The smallest absolute Gasteiger partial charge is 0.780 e. The molecule has 0 atom stereocenters. The van der Waals surface area contributed by atoms with Crippen molar-refractivity contribution in [3.8, 4) is 51.2 Å². The molecule has 0 unspecified atom stereocenters. The molecule has 0 saturated carbocycles. The van der Waals surface area contributed by atoms with E-state index in [9.17, 15) is 14.4 Å². The molecular formula is C19H18NNa2O9P. The van der Waals surface area contributed by atoms with Gasteiger partial charge in [-0.1, -0.05) is 5.16 Å². The van der Waals surface area contributed by atoms with Crippen LogP contribution in [0.1, 0.15) is 0 Å². The number of ether oxygens (including phenoxy) is 4. The maximum Gasteiger partial charge on any atom is 1.00 e. The maximum atomic E-state index is 11.2. The summed E-state index contributed by atoms with van der Waals surface area (Å²) in [4.78, 5) is 22.5. The molecule has 1 aromatic heterocycles. The van der Waals surface area contributed by atoms with Gasteiger partial charge in [0.15, 0.2) is 17.3 Å². The quantitative estimate of drug-likeness (QED) is 0.233. The van der Waals surface area contributed by atoms with Crippen LogP contribution in [-0.4, -0.2) is 33.6 Å². The molecule has 0 radical (unpaired) electrons. The molecular weight excluding hydrogens is 463 g/mol. The average molecular weight is 481 g/mol. The summed E-state index contributed by atoms with van der Waals surface area (Å²) in [6, 6.07) is 7.67. The van der Waals surface area contributed by atoms with Crippen molar-refractivity contribution in [3.63, 3.8) is 0 Å². The molecule has 3 aromatic rings. The van der Waals surface area contributed by atoms with Crippen molar-refractivity contribution in [3.05, 3.63) is 36.5 Å². The van der Waals surface area contributed by atoms with Crippen LogP contribution >= 0.6 is 7.82 Å². The molecule has 1 heterocycles. The van der Waals surface area contributed by atoms with Gasteiger partial charge in [0.25, 0.3) is 0 Å². The normalized spacial score (nSPS) is 10.4. The minimum Gasteiger partial charge on any atom is -0.780 e. The molecule has 3 rings (SSSR count). The van der Waals surface area contributed by atoms with Crippen LogP contribution in [0.15, 0.2) is 41.1 Å². The summed E-state index contributed by atoms with van der Waals surface area (Å²) >= 11 is 0. The fraction of sp³-hybridized carbons (Fsp3) is 0.211. The minimum absolute atomic E-state index is 0. The van der Waals surface area contributed by atoms with E-state index in [1.165, 1.54) is 46.8 Å². The van der Waals surface area contributed by atoms with Gasteiger partial charge >= 0.3 is 59.1 Å². The summed E-state index contributed by atoms with van der Waals surface area (Å²) in [5, 5.41) is 3.81. The number of aromatic nitrogens is 1. The van der Waals surface area contributed by atoms with Gasteiger partial charge in [-0.2, -0.15) is 0 Å². The monoisotopic (exact) mass is 481 g/mol. The van der Waals surface area contributed by atoms with Gasteiger partial charge in [0, 0.05) is 17.2 Å². The summed E-state index contributed by atoms with van der Waals surface area (Å²) in [5.41, 5.74) is 1.13. The van der Waals surface area contributed by atoms with Crippen molar-refractivity contribution in [2.75, 3.05) is 28.4 Å². The van der Waals surface area contributed by atoms with Gasteiger partial charge in [-0.05, 0) is 24.3 Å². The topological polar surface area (TPSA) is 135 Å². The average Bonchev–Trinajstić information content (AvgIpc) is 3.20. The number of benzene rings is 2. The molecule has 0 fully saturated rings. The zero-order chi connectivity index (χ0) is 21.9. The molecule has 0 saturated heterocycles. The molecule has 2 aromatic carbocycles. The summed E-state index contributed by atoms with van der Waals surface area (Å²) in [6.07, 6.45) is 1.37. The van der Waals surface area contributed by atoms with E-state index in [1.807, 2.05) is 0 Å². The van der Waals surface area contributed by atoms with Gasteiger partial charge < -0.3 is 42.3 Å². The van der Waals surface area contributed by atoms with E-state index in [0.29, 0.717) is 34.1 Å². The van der Waals surface area contributed by atoms with Crippen molar-refractivity contribution in [1.82, 2.24) is 5.16 Å². The first-order chi connectivity index (χ1) is 14.3. The molecule has 0 aliphatic carbocycles. The predicted molar refractivity (Wildman–Crippen MR) is 102 cm³/mol. The number of hydrogen-bond donors (Lipinski definition) is 0. The van der Waals surface area contributed by atoms with Gasteiger partial charge in [0.2, 0.25) is 5.75 Å². The fourth-order valence-electron chi connectivity index (χ4n) is 2.90. The molecule has 0 amide bonds. The third kappa shape index (κ3) is 6.44. The van der Waals surface area contributed by atoms with E-state index >= 15 is 0 Å². The molecule has 0 aliphatic heterocycles. The Morgan fingerprint density at radius 1 is 0.844 bits per heavy atom. The van der Waals surface area contributed by atoms with Crippen LogP contribution < -0.4 is 92.4 Å². The van der Waals surface area contributed by atoms with Crippen molar-refractivity contribution in [1.29, 1.82) is 0 Å². The Morgan fingerprint density at radius 3 is 1.97 bits per heavy atom. The molecule has 160 valence electrons. The Balaban J connectivity index is 0.00000256. The number of phosphoric ester groups is 1. The zero-order valence-electron chi connectivity index (χ0n) is 18.5. The third-order valence-electron chi connectivity index (χ3n) is 4.19. The first-order valence-electron chi connectivity index (χ1n) is 8.46. The Morgan fingerprint density at radius 2 is 1.47 bits per heavy atom. The van der Waals surface area contributed by atoms with E-state index in [1.54, 1.807) is 18.2 Å². The second kappa shape index (κ2) is 12.3. The van der Waals surface area contributed by atoms with Crippen molar-refractivity contribution >= 4 is 7.82 Å². The van der Waals surface area contributed by atoms with Crippen LogP contribution in [0.3, 0.4) is 0 Å². The van der Waals surface area contributed by atoms with Gasteiger partial charge in [-0.25, -0.2) is 0 Å². The van der Waals surface area contributed by atoms with E-state index in [-0.39, 0.29) is 76.2 Å². The molecule has 13 heteroatoms. The van der Waals surface area contributed by atoms with Crippen LogP contribution in [-0.2, 0) is 4.57 Å². The summed E-state index contributed by atoms with van der Waals surface area (Å²) in [7, 11) is 0.481. The minimum atomic E-state index is -5.33.